The SMILES string of the molecule is CC(C#N)(CO)N=NC(C)(C#N)CO.COC(=O)C(C)(C)N=NC(C)(C)C(=O)OC. The van der Waals surface area contributed by atoms with Crippen molar-refractivity contribution in [1.29, 1.82) is 10.5 Å². The second-order valence-corrected chi connectivity index (χ2v) is 7.59. The van der Waals surface area contributed by atoms with E-state index in [4.69, 9.17) is 20.7 Å². The summed E-state index contributed by atoms with van der Waals surface area (Å²) in [5.74, 6) is -1.03. The van der Waals surface area contributed by atoms with Crippen LogP contribution in [0.1, 0.15) is 41.5 Å². The number of hydrogen-bond donors (Lipinski definition) is 2. The number of nitrogens with zero attached hydrogens (tertiary/aromatic N) is 6. The van der Waals surface area contributed by atoms with E-state index in [1.54, 1.807) is 39.8 Å². The first-order valence-corrected chi connectivity index (χ1v) is 8.71. The van der Waals surface area contributed by atoms with Crippen LogP contribution in [0.3, 0.4) is 0 Å². The molecule has 2 unspecified atom stereocenters. The van der Waals surface area contributed by atoms with E-state index in [0.29, 0.717) is 0 Å². The second-order valence-electron chi connectivity index (χ2n) is 7.59. The van der Waals surface area contributed by atoms with E-state index in [1.165, 1.54) is 28.1 Å². The molecule has 0 aliphatic rings. The summed E-state index contributed by atoms with van der Waals surface area (Å²) >= 11 is 0. The van der Waals surface area contributed by atoms with Crippen LogP contribution in [0.4, 0.5) is 0 Å². The van der Waals surface area contributed by atoms with Crippen LogP contribution >= 0.6 is 0 Å². The number of rotatable bonds is 8. The zero-order valence-corrected chi connectivity index (χ0v) is 18.6. The Morgan fingerprint density at radius 1 is 0.733 bits per heavy atom. The zero-order valence-electron chi connectivity index (χ0n) is 18.6. The van der Waals surface area contributed by atoms with E-state index in [-0.39, 0.29) is 0 Å². The number of ether oxygens (including phenoxy) is 2. The highest BCUT2D eigenvalue weighted by Crippen LogP contribution is 2.18. The lowest BCUT2D eigenvalue weighted by Crippen LogP contribution is -2.34. The van der Waals surface area contributed by atoms with Gasteiger partial charge in [-0.15, -0.1) is 0 Å². The number of aliphatic hydroxyl groups excluding tert-OH is 2. The molecule has 2 atom stereocenters. The van der Waals surface area contributed by atoms with Crippen LogP contribution in [0.2, 0.25) is 0 Å². The van der Waals surface area contributed by atoms with Crippen LogP contribution in [0.5, 0.6) is 0 Å². The number of esters is 2. The third-order valence-electron chi connectivity index (χ3n) is 3.51. The fourth-order valence-electron chi connectivity index (χ4n) is 1.23. The van der Waals surface area contributed by atoms with Crippen molar-refractivity contribution in [3.8, 4) is 12.1 Å². The van der Waals surface area contributed by atoms with E-state index >= 15 is 0 Å². The summed E-state index contributed by atoms with van der Waals surface area (Å²) < 4.78 is 9.12. The van der Waals surface area contributed by atoms with E-state index in [9.17, 15) is 9.59 Å². The number of azo groups is 2. The predicted octanol–water partition coefficient (Wildman–Crippen LogP) is 1.33. The largest absolute Gasteiger partial charge is 0.467 e. The second kappa shape index (κ2) is 11.9. The monoisotopic (exact) mass is 426 g/mol. The molecule has 0 saturated heterocycles. The molecule has 168 valence electrons. The lowest BCUT2D eigenvalue weighted by Gasteiger charge is -2.19. The Morgan fingerprint density at radius 2 is 1.00 bits per heavy atom. The summed E-state index contributed by atoms with van der Waals surface area (Å²) in [4.78, 5) is 22.6. The van der Waals surface area contributed by atoms with Crippen LogP contribution in [0.25, 0.3) is 0 Å². The van der Waals surface area contributed by atoms with Crippen LogP contribution < -0.4 is 0 Å². The highest BCUT2D eigenvalue weighted by Gasteiger charge is 2.33. The van der Waals surface area contributed by atoms with E-state index in [2.05, 4.69) is 29.9 Å². The van der Waals surface area contributed by atoms with Crippen molar-refractivity contribution in [3.05, 3.63) is 0 Å². The Bertz CT molecular complexity index is 676. The molecular formula is C18H30N6O6. The average Bonchev–Trinajstić information content (AvgIpc) is 2.75. The Morgan fingerprint density at radius 3 is 1.17 bits per heavy atom. The van der Waals surface area contributed by atoms with Gasteiger partial charge >= 0.3 is 11.9 Å². The molecule has 0 heterocycles. The molecule has 0 bridgehead atoms. The van der Waals surface area contributed by atoms with E-state index in [1.807, 2.05) is 0 Å². The summed E-state index contributed by atoms with van der Waals surface area (Å²) in [6.07, 6.45) is 0. The smallest absolute Gasteiger partial charge is 0.335 e. The number of carbonyl (C=O) groups excluding carboxylic acids is 2. The topological polar surface area (TPSA) is 190 Å². The van der Waals surface area contributed by atoms with Gasteiger partial charge in [-0.25, -0.2) is 9.59 Å². The first kappa shape index (κ1) is 29.2. The number of hydrogen-bond acceptors (Lipinski definition) is 12. The fraction of sp³-hybridized carbons (Fsp3) is 0.778. The van der Waals surface area contributed by atoms with Gasteiger partial charge in [-0.05, 0) is 41.5 Å². The molecule has 0 radical (unpaired) electrons. The Labute approximate surface area is 176 Å². The molecule has 0 spiro atoms. The van der Waals surface area contributed by atoms with Gasteiger partial charge in [-0.1, -0.05) is 0 Å². The minimum absolute atomic E-state index is 0.486. The highest BCUT2D eigenvalue weighted by atomic mass is 16.5. The molecule has 12 nitrogen and oxygen atoms in total. The standard InChI is InChI=1S/C10H18N2O4.C8H12N4O2/c1-9(2,7(13)15-5)11-12-10(3,4)8(14)16-6;1-7(3-9,5-13)11-12-8(2,4-10)6-14/h1-6H3;13-14H,5-6H2,1-2H3. The zero-order chi connectivity index (χ0) is 24.2. The van der Waals surface area contributed by atoms with Crippen LogP contribution in [0, 0.1) is 22.7 Å². The first-order chi connectivity index (χ1) is 13.6. The van der Waals surface area contributed by atoms with Gasteiger partial charge in [-0.3, -0.25) is 0 Å². The Kier molecular flexibility index (Phi) is 11.6. The van der Waals surface area contributed by atoms with Crippen molar-refractivity contribution in [2.24, 2.45) is 20.5 Å². The molecule has 0 aromatic carbocycles. The van der Waals surface area contributed by atoms with Crippen molar-refractivity contribution in [3.63, 3.8) is 0 Å². The normalized spacial score (nSPS) is 15.7. The molecular weight excluding hydrogens is 396 g/mol. The third-order valence-corrected chi connectivity index (χ3v) is 3.51. The highest BCUT2D eigenvalue weighted by molar-refractivity contribution is 5.81. The fourth-order valence-corrected chi connectivity index (χ4v) is 1.23. The maximum Gasteiger partial charge on any atom is 0.335 e. The molecule has 0 aliphatic heterocycles. The maximum absolute atomic E-state index is 11.3. The van der Waals surface area contributed by atoms with Crippen molar-refractivity contribution in [2.45, 2.75) is 63.7 Å². The molecule has 2 N–H and O–H groups in total. The molecule has 0 aromatic rings. The molecule has 12 heteroatoms. The van der Waals surface area contributed by atoms with Gasteiger partial charge in [0.2, 0.25) is 0 Å². The lowest BCUT2D eigenvalue weighted by molar-refractivity contribution is -0.148. The number of methoxy groups -OCH3 is 2. The van der Waals surface area contributed by atoms with Gasteiger partial charge in [0.15, 0.2) is 22.2 Å². The maximum atomic E-state index is 11.3. The molecule has 0 amide bonds. The lowest BCUT2D eigenvalue weighted by atomic mass is 10.1. The molecule has 0 saturated carbocycles. The first-order valence-electron chi connectivity index (χ1n) is 8.71. The summed E-state index contributed by atoms with van der Waals surface area (Å²) in [7, 11) is 2.54. The Balaban J connectivity index is 0. The van der Waals surface area contributed by atoms with Gasteiger partial charge in [0.05, 0.1) is 39.6 Å². The molecule has 0 rings (SSSR count). The van der Waals surface area contributed by atoms with E-state index < -0.39 is 47.3 Å². The summed E-state index contributed by atoms with van der Waals surface area (Å²) in [6.45, 7) is 7.99. The van der Waals surface area contributed by atoms with Crippen molar-refractivity contribution >= 4 is 11.9 Å². The number of aliphatic hydroxyl groups is 2. The summed E-state index contributed by atoms with van der Waals surface area (Å²) in [5.41, 5.74) is -4.93. The minimum atomic E-state index is -1.35. The molecule has 0 fully saturated rings. The Hall–Kier alpha value is -2.96. The number of carbonyl (C=O) groups is 2. The van der Waals surface area contributed by atoms with Crippen molar-refractivity contribution in [2.75, 3.05) is 27.4 Å². The summed E-state index contributed by atoms with van der Waals surface area (Å²) in [5, 5.41) is 49.6. The van der Waals surface area contributed by atoms with Gasteiger partial charge in [0.1, 0.15) is 0 Å². The van der Waals surface area contributed by atoms with Crippen LogP contribution in [-0.2, 0) is 19.1 Å². The van der Waals surface area contributed by atoms with Crippen LogP contribution in [-0.4, -0.2) is 71.7 Å². The van der Waals surface area contributed by atoms with Gasteiger partial charge in [0, 0.05) is 0 Å². The quantitative estimate of drug-likeness (QED) is 0.429. The molecule has 0 aliphatic carbocycles. The number of nitriles is 2. The summed E-state index contributed by atoms with van der Waals surface area (Å²) in [6, 6.07) is 3.49. The van der Waals surface area contributed by atoms with Crippen molar-refractivity contribution in [1.82, 2.24) is 0 Å². The van der Waals surface area contributed by atoms with Gasteiger partial charge < -0.3 is 19.7 Å². The van der Waals surface area contributed by atoms with Crippen LogP contribution in [0.15, 0.2) is 20.5 Å². The van der Waals surface area contributed by atoms with Crippen molar-refractivity contribution < 1.29 is 29.3 Å². The van der Waals surface area contributed by atoms with E-state index in [0.717, 1.165) is 0 Å². The predicted molar refractivity (Wildman–Crippen MR) is 104 cm³/mol. The molecule has 0 aromatic heterocycles. The minimum Gasteiger partial charge on any atom is -0.467 e. The van der Waals surface area contributed by atoms with Gasteiger partial charge in [-0.2, -0.15) is 31.0 Å². The average molecular weight is 426 g/mol. The van der Waals surface area contributed by atoms with Gasteiger partial charge in [0.25, 0.3) is 0 Å². The third kappa shape index (κ3) is 9.49. The molecule has 30 heavy (non-hydrogen) atoms.